The first-order valence-electron chi connectivity index (χ1n) is 6.68. The largest absolute Gasteiger partial charge is 0.493 e. The Morgan fingerprint density at radius 3 is 2.73 bits per heavy atom. The summed E-state index contributed by atoms with van der Waals surface area (Å²) in [6.45, 7) is 0. The number of aromatic nitrogens is 2. The second-order valence-corrected chi connectivity index (χ2v) is 4.60. The molecule has 112 valence electrons. The molecule has 2 aromatic heterocycles. The van der Waals surface area contributed by atoms with E-state index < -0.39 is 0 Å². The van der Waals surface area contributed by atoms with Crippen molar-refractivity contribution in [3.63, 3.8) is 0 Å². The minimum Gasteiger partial charge on any atom is -0.493 e. The standard InChI is InChI=1S/C16H15N3O3/c1-21-13-6-5-11(10-14(13)22-2)18-16(20)12-4-3-8-19-9-7-17-15(12)19/h3-10H,1-2H3,(H,18,20). The maximum atomic E-state index is 12.4. The van der Waals surface area contributed by atoms with Crippen LogP contribution in [0.4, 0.5) is 5.69 Å². The van der Waals surface area contributed by atoms with Gasteiger partial charge < -0.3 is 19.2 Å². The quantitative estimate of drug-likeness (QED) is 0.804. The van der Waals surface area contributed by atoms with Crippen molar-refractivity contribution in [1.82, 2.24) is 9.38 Å². The number of carbonyl (C=O) groups is 1. The molecule has 6 nitrogen and oxygen atoms in total. The van der Waals surface area contributed by atoms with Crippen molar-refractivity contribution in [3.05, 3.63) is 54.5 Å². The zero-order valence-corrected chi connectivity index (χ0v) is 12.2. The Hall–Kier alpha value is -3.02. The summed E-state index contributed by atoms with van der Waals surface area (Å²) in [5.41, 5.74) is 1.74. The number of nitrogens with one attached hydrogen (secondary N) is 1. The molecule has 3 rings (SSSR count). The molecule has 0 radical (unpaired) electrons. The van der Waals surface area contributed by atoms with E-state index in [9.17, 15) is 4.79 Å². The zero-order chi connectivity index (χ0) is 15.5. The first-order chi connectivity index (χ1) is 10.7. The number of methoxy groups -OCH3 is 2. The smallest absolute Gasteiger partial charge is 0.259 e. The van der Waals surface area contributed by atoms with E-state index in [1.165, 1.54) is 0 Å². The van der Waals surface area contributed by atoms with Gasteiger partial charge in [0.05, 0.1) is 19.8 Å². The lowest BCUT2D eigenvalue weighted by Crippen LogP contribution is -2.13. The summed E-state index contributed by atoms with van der Waals surface area (Å²) < 4.78 is 12.2. The number of pyridine rings is 1. The van der Waals surface area contributed by atoms with E-state index in [0.717, 1.165) is 0 Å². The molecule has 22 heavy (non-hydrogen) atoms. The van der Waals surface area contributed by atoms with Crippen LogP contribution >= 0.6 is 0 Å². The maximum Gasteiger partial charge on any atom is 0.259 e. The highest BCUT2D eigenvalue weighted by Gasteiger charge is 2.13. The van der Waals surface area contributed by atoms with Gasteiger partial charge in [0.2, 0.25) is 0 Å². The van der Waals surface area contributed by atoms with Gasteiger partial charge in [0.25, 0.3) is 5.91 Å². The molecule has 0 saturated heterocycles. The molecule has 3 aromatic rings. The van der Waals surface area contributed by atoms with E-state index in [2.05, 4.69) is 10.3 Å². The number of nitrogens with zero attached hydrogens (tertiary/aromatic N) is 2. The summed E-state index contributed by atoms with van der Waals surface area (Å²) in [5, 5.41) is 2.84. The van der Waals surface area contributed by atoms with Crippen molar-refractivity contribution in [1.29, 1.82) is 0 Å². The Morgan fingerprint density at radius 2 is 1.95 bits per heavy atom. The SMILES string of the molecule is COc1ccc(NC(=O)c2cccn3ccnc23)cc1OC. The number of imidazole rings is 1. The second kappa shape index (κ2) is 5.77. The molecule has 1 N–H and O–H groups in total. The molecule has 0 spiro atoms. The average molecular weight is 297 g/mol. The summed E-state index contributed by atoms with van der Waals surface area (Å²) in [4.78, 5) is 16.6. The molecular formula is C16H15N3O3. The van der Waals surface area contributed by atoms with Crippen LogP contribution in [0, 0.1) is 0 Å². The normalized spacial score (nSPS) is 10.5. The molecule has 0 fully saturated rings. The minimum atomic E-state index is -0.232. The number of anilines is 1. The first-order valence-corrected chi connectivity index (χ1v) is 6.68. The van der Waals surface area contributed by atoms with E-state index in [-0.39, 0.29) is 5.91 Å². The third-order valence-electron chi connectivity index (χ3n) is 3.31. The van der Waals surface area contributed by atoms with Gasteiger partial charge in [-0.2, -0.15) is 0 Å². The fourth-order valence-corrected chi connectivity index (χ4v) is 2.24. The molecule has 0 bridgehead atoms. The molecule has 0 saturated carbocycles. The summed E-state index contributed by atoms with van der Waals surface area (Å²) >= 11 is 0. The van der Waals surface area contributed by atoms with Crippen molar-refractivity contribution in [2.75, 3.05) is 19.5 Å². The van der Waals surface area contributed by atoms with Crippen molar-refractivity contribution in [3.8, 4) is 11.5 Å². The molecule has 2 heterocycles. The molecular weight excluding hydrogens is 282 g/mol. The highest BCUT2D eigenvalue weighted by Crippen LogP contribution is 2.30. The predicted molar refractivity (Wildman–Crippen MR) is 82.7 cm³/mol. The Bertz CT molecular complexity index is 826. The van der Waals surface area contributed by atoms with E-state index in [4.69, 9.17) is 9.47 Å². The lowest BCUT2D eigenvalue weighted by molar-refractivity contribution is 0.102. The van der Waals surface area contributed by atoms with Gasteiger partial charge in [-0.05, 0) is 24.3 Å². The highest BCUT2D eigenvalue weighted by molar-refractivity contribution is 6.08. The van der Waals surface area contributed by atoms with Crippen LogP contribution in [-0.2, 0) is 0 Å². The number of benzene rings is 1. The molecule has 0 aliphatic rings. The van der Waals surface area contributed by atoms with Gasteiger partial charge in [0.15, 0.2) is 11.5 Å². The van der Waals surface area contributed by atoms with Crippen LogP contribution in [0.25, 0.3) is 5.65 Å². The van der Waals surface area contributed by atoms with Crippen LogP contribution in [0.15, 0.2) is 48.9 Å². The number of hydrogen-bond acceptors (Lipinski definition) is 4. The fraction of sp³-hybridized carbons (Fsp3) is 0.125. The summed E-state index contributed by atoms with van der Waals surface area (Å²) in [5.74, 6) is 0.930. The highest BCUT2D eigenvalue weighted by atomic mass is 16.5. The van der Waals surface area contributed by atoms with Gasteiger partial charge in [0, 0.05) is 30.3 Å². The van der Waals surface area contributed by atoms with E-state index in [1.54, 1.807) is 61.3 Å². The number of fused-ring (bicyclic) bond motifs is 1. The molecule has 0 aliphatic heterocycles. The van der Waals surface area contributed by atoms with E-state index in [1.807, 2.05) is 6.20 Å². The fourth-order valence-electron chi connectivity index (χ4n) is 2.24. The van der Waals surface area contributed by atoms with Gasteiger partial charge in [-0.15, -0.1) is 0 Å². The molecule has 1 aromatic carbocycles. The first kappa shape index (κ1) is 13.9. The average Bonchev–Trinajstić information content (AvgIpc) is 3.03. The Balaban J connectivity index is 1.90. The number of hydrogen-bond donors (Lipinski definition) is 1. The Labute approximate surface area is 127 Å². The van der Waals surface area contributed by atoms with Gasteiger partial charge >= 0.3 is 0 Å². The third-order valence-corrected chi connectivity index (χ3v) is 3.31. The van der Waals surface area contributed by atoms with Crippen LogP contribution in [0.2, 0.25) is 0 Å². The number of rotatable bonds is 4. The second-order valence-electron chi connectivity index (χ2n) is 4.60. The molecule has 0 atom stereocenters. The third kappa shape index (κ3) is 2.46. The van der Waals surface area contributed by atoms with Crippen molar-refractivity contribution in [2.24, 2.45) is 0 Å². The minimum absolute atomic E-state index is 0.232. The summed E-state index contributed by atoms with van der Waals surface area (Å²) in [6.07, 6.45) is 5.29. The van der Waals surface area contributed by atoms with Crippen molar-refractivity contribution in [2.45, 2.75) is 0 Å². The monoisotopic (exact) mass is 297 g/mol. The molecule has 6 heteroatoms. The lowest BCUT2D eigenvalue weighted by atomic mass is 10.2. The van der Waals surface area contributed by atoms with Gasteiger partial charge in [-0.25, -0.2) is 4.98 Å². The van der Waals surface area contributed by atoms with Gasteiger partial charge in [-0.1, -0.05) is 0 Å². The van der Waals surface area contributed by atoms with Crippen molar-refractivity contribution < 1.29 is 14.3 Å². The van der Waals surface area contributed by atoms with Crippen molar-refractivity contribution >= 4 is 17.2 Å². The lowest BCUT2D eigenvalue weighted by Gasteiger charge is -2.11. The summed E-state index contributed by atoms with van der Waals surface area (Å²) in [7, 11) is 3.11. The van der Waals surface area contributed by atoms with E-state index >= 15 is 0 Å². The topological polar surface area (TPSA) is 64.9 Å². The van der Waals surface area contributed by atoms with Crippen LogP contribution in [0.3, 0.4) is 0 Å². The van der Waals surface area contributed by atoms with Gasteiger partial charge in [-0.3, -0.25) is 4.79 Å². The van der Waals surface area contributed by atoms with Crippen LogP contribution in [0.1, 0.15) is 10.4 Å². The predicted octanol–water partition coefficient (Wildman–Crippen LogP) is 2.60. The molecule has 0 aliphatic carbocycles. The van der Waals surface area contributed by atoms with Gasteiger partial charge in [0.1, 0.15) is 5.65 Å². The number of carbonyl (C=O) groups excluding carboxylic acids is 1. The van der Waals surface area contributed by atoms with Crippen LogP contribution in [0.5, 0.6) is 11.5 Å². The molecule has 0 unspecified atom stereocenters. The number of ether oxygens (including phenoxy) is 2. The molecule has 1 amide bonds. The summed E-state index contributed by atoms with van der Waals surface area (Å²) in [6, 6.07) is 8.74. The number of amides is 1. The maximum absolute atomic E-state index is 12.4. The van der Waals surface area contributed by atoms with Crippen LogP contribution in [-0.4, -0.2) is 29.5 Å². The van der Waals surface area contributed by atoms with Crippen LogP contribution < -0.4 is 14.8 Å². The zero-order valence-electron chi connectivity index (χ0n) is 12.2. The van der Waals surface area contributed by atoms with E-state index in [0.29, 0.717) is 28.4 Å². The Kier molecular flexibility index (Phi) is 3.65. The Morgan fingerprint density at radius 1 is 1.14 bits per heavy atom.